The molecule has 0 saturated carbocycles. The van der Waals surface area contributed by atoms with Crippen LogP contribution in [0.25, 0.3) is 0 Å². The Bertz CT molecular complexity index is 894. The number of ether oxygens (including phenoxy) is 2. The number of nitrogens with one attached hydrogen (secondary N) is 1. The van der Waals surface area contributed by atoms with E-state index in [4.69, 9.17) is 21.1 Å². The molecule has 6 heteroatoms. The van der Waals surface area contributed by atoms with E-state index in [-0.39, 0.29) is 11.9 Å². The van der Waals surface area contributed by atoms with E-state index in [1.807, 2.05) is 6.07 Å². The fourth-order valence-electron chi connectivity index (χ4n) is 4.11. The Labute approximate surface area is 183 Å². The first kappa shape index (κ1) is 21.0. The lowest BCUT2D eigenvalue weighted by Crippen LogP contribution is -2.44. The second kappa shape index (κ2) is 9.71. The van der Waals surface area contributed by atoms with Crippen LogP contribution in [-0.4, -0.2) is 43.2 Å². The van der Waals surface area contributed by atoms with E-state index < -0.39 is 0 Å². The lowest BCUT2D eigenvalue weighted by molar-refractivity contribution is -0.121. The molecule has 1 saturated heterocycles. The van der Waals surface area contributed by atoms with Gasteiger partial charge >= 0.3 is 0 Å². The number of halogens is 1. The van der Waals surface area contributed by atoms with Crippen molar-refractivity contribution in [2.45, 2.75) is 45.2 Å². The lowest BCUT2D eigenvalue weighted by Gasteiger charge is -2.32. The fraction of sp³-hybridized carbons (Fsp3) is 0.458. The van der Waals surface area contributed by atoms with Gasteiger partial charge in [0.25, 0.3) is 0 Å². The number of likely N-dealkylation sites (tertiary alicyclic amines) is 1. The third-order valence-corrected chi connectivity index (χ3v) is 6.12. The SMILES string of the molecule is Cc1ccccc1CN1CCC(NC(=O)Cc2cc(Cl)c3c(c2)OCCCO3)CC1. The van der Waals surface area contributed by atoms with Crippen LogP contribution in [0.1, 0.15) is 36.0 Å². The Morgan fingerprint density at radius 1 is 1.17 bits per heavy atom. The molecule has 1 N–H and O–H groups in total. The van der Waals surface area contributed by atoms with Crippen molar-refractivity contribution in [3.05, 3.63) is 58.1 Å². The normalized spacial score (nSPS) is 17.4. The summed E-state index contributed by atoms with van der Waals surface area (Å²) in [5.74, 6) is 1.24. The third kappa shape index (κ3) is 5.27. The molecule has 2 aliphatic heterocycles. The zero-order chi connectivity index (χ0) is 20.9. The Morgan fingerprint density at radius 3 is 2.73 bits per heavy atom. The van der Waals surface area contributed by atoms with Gasteiger partial charge in [0.05, 0.1) is 24.7 Å². The predicted molar refractivity (Wildman–Crippen MR) is 118 cm³/mol. The summed E-state index contributed by atoms with van der Waals surface area (Å²) in [5.41, 5.74) is 3.56. The first-order valence-corrected chi connectivity index (χ1v) is 11.1. The maximum absolute atomic E-state index is 12.6. The van der Waals surface area contributed by atoms with E-state index in [0.29, 0.717) is 36.2 Å². The van der Waals surface area contributed by atoms with Gasteiger partial charge in [0.15, 0.2) is 11.5 Å². The monoisotopic (exact) mass is 428 g/mol. The molecule has 1 fully saturated rings. The maximum Gasteiger partial charge on any atom is 0.224 e. The van der Waals surface area contributed by atoms with E-state index in [1.54, 1.807) is 6.07 Å². The Morgan fingerprint density at radius 2 is 1.93 bits per heavy atom. The van der Waals surface area contributed by atoms with Gasteiger partial charge < -0.3 is 14.8 Å². The summed E-state index contributed by atoms with van der Waals surface area (Å²) in [6, 6.07) is 12.4. The molecule has 0 bridgehead atoms. The summed E-state index contributed by atoms with van der Waals surface area (Å²) in [7, 11) is 0. The number of aryl methyl sites for hydroxylation is 1. The molecule has 2 aromatic carbocycles. The van der Waals surface area contributed by atoms with Crippen molar-refractivity contribution in [3.8, 4) is 11.5 Å². The minimum atomic E-state index is 0.0258. The summed E-state index contributed by atoms with van der Waals surface area (Å²) < 4.78 is 11.4. The van der Waals surface area contributed by atoms with Gasteiger partial charge in [0.1, 0.15) is 0 Å². The number of benzene rings is 2. The quantitative estimate of drug-likeness (QED) is 0.777. The van der Waals surface area contributed by atoms with Crippen LogP contribution in [0.2, 0.25) is 5.02 Å². The maximum atomic E-state index is 12.6. The summed E-state index contributed by atoms with van der Waals surface area (Å²) in [6.07, 6.45) is 3.06. The van der Waals surface area contributed by atoms with Crippen molar-refractivity contribution < 1.29 is 14.3 Å². The van der Waals surface area contributed by atoms with Crippen molar-refractivity contribution in [3.63, 3.8) is 0 Å². The largest absolute Gasteiger partial charge is 0.489 e. The molecule has 0 unspecified atom stereocenters. The zero-order valence-corrected chi connectivity index (χ0v) is 18.2. The van der Waals surface area contributed by atoms with Crippen molar-refractivity contribution in [2.75, 3.05) is 26.3 Å². The van der Waals surface area contributed by atoms with Gasteiger partial charge in [-0.05, 0) is 48.6 Å². The van der Waals surface area contributed by atoms with Crippen molar-refractivity contribution in [2.24, 2.45) is 0 Å². The number of amides is 1. The highest BCUT2D eigenvalue weighted by Gasteiger charge is 2.22. The fourth-order valence-corrected chi connectivity index (χ4v) is 4.40. The topological polar surface area (TPSA) is 50.8 Å². The van der Waals surface area contributed by atoms with E-state index in [2.05, 4.69) is 41.4 Å². The molecule has 0 aromatic heterocycles. The molecule has 1 amide bonds. The van der Waals surface area contributed by atoms with Gasteiger partial charge in [-0.25, -0.2) is 0 Å². The van der Waals surface area contributed by atoms with Gasteiger partial charge in [-0.1, -0.05) is 35.9 Å². The number of hydrogen-bond acceptors (Lipinski definition) is 4. The molecule has 2 aromatic rings. The molecular weight excluding hydrogens is 400 g/mol. The first-order chi connectivity index (χ1) is 14.6. The number of carbonyl (C=O) groups excluding carboxylic acids is 1. The van der Waals surface area contributed by atoms with Crippen molar-refractivity contribution in [1.82, 2.24) is 10.2 Å². The van der Waals surface area contributed by atoms with Crippen LogP contribution in [0.15, 0.2) is 36.4 Å². The van der Waals surface area contributed by atoms with E-state index in [9.17, 15) is 4.79 Å². The highest BCUT2D eigenvalue weighted by Crippen LogP contribution is 2.38. The van der Waals surface area contributed by atoms with Gasteiger partial charge in [-0.15, -0.1) is 0 Å². The van der Waals surface area contributed by atoms with Gasteiger partial charge in [0.2, 0.25) is 5.91 Å². The summed E-state index contributed by atoms with van der Waals surface area (Å²) in [4.78, 5) is 15.1. The number of rotatable bonds is 5. The molecule has 4 rings (SSSR count). The smallest absolute Gasteiger partial charge is 0.224 e. The molecule has 0 radical (unpaired) electrons. The highest BCUT2D eigenvalue weighted by molar-refractivity contribution is 6.32. The molecule has 30 heavy (non-hydrogen) atoms. The molecule has 0 atom stereocenters. The highest BCUT2D eigenvalue weighted by atomic mass is 35.5. The van der Waals surface area contributed by atoms with Gasteiger partial charge in [-0.3, -0.25) is 9.69 Å². The standard InChI is InChI=1S/C24H29ClN2O3/c1-17-5-2-3-6-19(17)16-27-9-7-20(8-10-27)26-23(28)15-18-13-21(25)24-22(14-18)29-11-4-12-30-24/h2-3,5-6,13-14,20H,4,7-12,15-16H2,1H3,(H,26,28). The Hall–Kier alpha value is -2.24. The number of fused-ring (bicyclic) bond motifs is 1. The third-order valence-electron chi connectivity index (χ3n) is 5.83. The molecule has 0 aliphatic carbocycles. The zero-order valence-electron chi connectivity index (χ0n) is 17.5. The molecule has 160 valence electrons. The number of piperidine rings is 1. The van der Waals surface area contributed by atoms with Crippen LogP contribution >= 0.6 is 11.6 Å². The van der Waals surface area contributed by atoms with Crippen LogP contribution in [-0.2, 0) is 17.8 Å². The van der Waals surface area contributed by atoms with Crippen LogP contribution in [0.4, 0.5) is 0 Å². The first-order valence-electron chi connectivity index (χ1n) is 10.7. The molecule has 2 heterocycles. The summed E-state index contributed by atoms with van der Waals surface area (Å²) in [6.45, 7) is 6.32. The molecule has 2 aliphatic rings. The minimum Gasteiger partial charge on any atom is -0.489 e. The Balaban J connectivity index is 1.28. The molecule has 5 nitrogen and oxygen atoms in total. The predicted octanol–water partition coefficient (Wildman–Crippen LogP) is 4.13. The lowest BCUT2D eigenvalue weighted by atomic mass is 10.0. The summed E-state index contributed by atoms with van der Waals surface area (Å²) in [5, 5.41) is 3.70. The molecule has 0 spiro atoms. The minimum absolute atomic E-state index is 0.0258. The Kier molecular flexibility index (Phi) is 6.80. The van der Waals surface area contributed by atoms with Crippen LogP contribution in [0.3, 0.4) is 0 Å². The van der Waals surface area contributed by atoms with E-state index >= 15 is 0 Å². The summed E-state index contributed by atoms with van der Waals surface area (Å²) >= 11 is 6.35. The van der Waals surface area contributed by atoms with Crippen molar-refractivity contribution in [1.29, 1.82) is 0 Å². The van der Waals surface area contributed by atoms with Crippen LogP contribution in [0.5, 0.6) is 11.5 Å². The van der Waals surface area contributed by atoms with Gasteiger partial charge in [-0.2, -0.15) is 0 Å². The van der Waals surface area contributed by atoms with E-state index in [1.165, 1.54) is 11.1 Å². The number of carbonyl (C=O) groups is 1. The average molecular weight is 429 g/mol. The number of nitrogens with zero attached hydrogens (tertiary/aromatic N) is 1. The van der Waals surface area contributed by atoms with Crippen LogP contribution < -0.4 is 14.8 Å². The molecular formula is C24H29ClN2O3. The second-order valence-electron chi connectivity index (χ2n) is 8.18. The second-order valence-corrected chi connectivity index (χ2v) is 8.58. The van der Waals surface area contributed by atoms with Gasteiger partial charge in [0, 0.05) is 32.1 Å². The van der Waals surface area contributed by atoms with E-state index in [0.717, 1.165) is 44.5 Å². The van der Waals surface area contributed by atoms with Crippen LogP contribution in [0, 0.1) is 6.92 Å². The van der Waals surface area contributed by atoms with Crippen molar-refractivity contribution >= 4 is 17.5 Å². The average Bonchev–Trinajstić information content (AvgIpc) is 2.97. The number of hydrogen-bond donors (Lipinski definition) is 1.